The molecular weight excluding hydrogens is 382 g/mol. The average molecular weight is 404 g/mol. The molecule has 28 heavy (non-hydrogen) atoms. The number of carbonyl (C=O) groups is 3. The molecule has 7 nitrogen and oxygen atoms in total. The predicted octanol–water partition coefficient (Wildman–Crippen LogP) is 3.16. The average Bonchev–Trinajstić information content (AvgIpc) is 2.65. The molecule has 0 aromatic heterocycles. The second-order valence-electron chi connectivity index (χ2n) is 5.96. The summed E-state index contributed by atoms with van der Waals surface area (Å²) in [6, 6.07) is 13.4. The standard InChI is InChI=1S/C20H22ClN3O4/c1-3-24(20(27)13-28-18-6-4-5-15(21)11-18)12-19(26)23-17-9-7-16(8-10-17)22-14(2)25/h4-11H,3,12-13H2,1-2H3,(H,22,25)(H,23,26). The van der Waals surface area contributed by atoms with Crippen LogP contribution in [-0.2, 0) is 14.4 Å². The summed E-state index contributed by atoms with van der Waals surface area (Å²) in [4.78, 5) is 37.0. The number of hydrogen-bond donors (Lipinski definition) is 2. The number of halogens is 1. The molecule has 0 fully saturated rings. The fourth-order valence-corrected chi connectivity index (χ4v) is 2.56. The lowest BCUT2D eigenvalue weighted by Crippen LogP contribution is -2.40. The van der Waals surface area contributed by atoms with E-state index in [1.54, 1.807) is 55.5 Å². The molecule has 0 saturated carbocycles. The molecule has 2 aromatic carbocycles. The van der Waals surface area contributed by atoms with Crippen LogP contribution in [0.15, 0.2) is 48.5 Å². The highest BCUT2D eigenvalue weighted by Crippen LogP contribution is 2.17. The number of amides is 3. The van der Waals surface area contributed by atoms with Gasteiger partial charge in [-0.2, -0.15) is 0 Å². The molecule has 3 amide bonds. The monoisotopic (exact) mass is 403 g/mol. The second-order valence-corrected chi connectivity index (χ2v) is 6.40. The van der Waals surface area contributed by atoms with E-state index < -0.39 is 0 Å². The third kappa shape index (κ3) is 6.92. The fourth-order valence-electron chi connectivity index (χ4n) is 2.38. The highest BCUT2D eigenvalue weighted by Gasteiger charge is 2.16. The van der Waals surface area contributed by atoms with E-state index in [9.17, 15) is 14.4 Å². The van der Waals surface area contributed by atoms with E-state index in [-0.39, 0.29) is 30.9 Å². The summed E-state index contributed by atoms with van der Waals surface area (Å²) < 4.78 is 5.43. The van der Waals surface area contributed by atoms with Gasteiger partial charge in [0.2, 0.25) is 11.8 Å². The first-order valence-electron chi connectivity index (χ1n) is 8.71. The van der Waals surface area contributed by atoms with Gasteiger partial charge >= 0.3 is 0 Å². The minimum absolute atomic E-state index is 0.0955. The van der Waals surface area contributed by atoms with Gasteiger partial charge in [-0.25, -0.2) is 0 Å². The van der Waals surface area contributed by atoms with Crippen molar-refractivity contribution in [3.05, 3.63) is 53.6 Å². The molecule has 0 aliphatic heterocycles. The van der Waals surface area contributed by atoms with Crippen LogP contribution in [0, 0.1) is 0 Å². The molecule has 2 N–H and O–H groups in total. The van der Waals surface area contributed by atoms with E-state index in [1.165, 1.54) is 11.8 Å². The van der Waals surface area contributed by atoms with Crippen LogP contribution in [0.25, 0.3) is 0 Å². The van der Waals surface area contributed by atoms with E-state index in [2.05, 4.69) is 10.6 Å². The topological polar surface area (TPSA) is 87.7 Å². The van der Waals surface area contributed by atoms with Crippen LogP contribution in [0.5, 0.6) is 5.75 Å². The van der Waals surface area contributed by atoms with Crippen LogP contribution in [0.3, 0.4) is 0 Å². The molecule has 2 aromatic rings. The largest absolute Gasteiger partial charge is 0.484 e. The number of nitrogens with one attached hydrogen (secondary N) is 2. The van der Waals surface area contributed by atoms with Crippen LogP contribution in [0.4, 0.5) is 11.4 Å². The number of likely N-dealkylation sites (N-methyl/N-ethyl adjacent to an activating group) is 1. The van der Waals surface area contributed by atoms with Gasteiger partial charge in [-0.3, -0.25) is 14.4 Å². The first-order valence-corrected chi connectivity index (χ1v) is 9.09. The molecule has 0 saturated heterocycles. The van der Waals surface area contributed by atoms with E-state index in [0.29, 0.717) is 28.7 Å². The van der Waals surface area contributed by atoms with Crippen molar-refractivity contribution >= 4 is 40.7 Å². The maximum atomic E-state index is 12.3. The summed E-state index contributed by atoms with van der Waals surface area (Å²) in [6.07, 6.45) is 0. The smallest absolute Gasteiger partial charge is 0.260 e. The molecule has 0 atom stereocenters. The van der Waals surface area contributed by atoms with Crippen molar-refractivity contribution < 1.29 is 19.1 Å². The fraction of sp³-hybridized carbons (Fsp3) is 0.250. The Morgan fingerprint density at radius 1 is 1.04 bits per heavy atom. The summed E-state index contributed by atoms with van der Waals surface area (Å²) in [5.74, 6) is -0.321. The van der Waals surface area contributed by atoms with E-state index in [1.807, 2.05) is 0 Å². The Bertz CT molecular complexity index is 840. The van der Waals surface area contributed by atoms with Crippen molar-refractivity contribution in [2.45, 2.75) is 13.8 Å². The zero-order valence-corrected chi connectivity index (χ0v) is 16.5. The van der Waals surface area contributed by atoms with Gasteiger partial charge in [0.1, 0.15) is 5.75 Å². The van der Waals surface area contributed by atoms with Gasteiger partial charge in [-0.05, 0) is 49.4 Å². The van der Waals surface area contributed by atoms with Gasteiger partial charge in [-0.15, -0.1) is 0 Å². The summed E-state index contributed by atoms with van der Waals surface area (Å²) in [5.41, 5.74) is 1.20. The van der Waals surface area contributed by atoms with Crippen LogP contribution in [0.1, 0.15) is 13.8 Å². The lowest BCUT2D eigenvalue weighted by Gasteiger charge is -2.20. The van der Waals surface area contributed by atoms with Gasteiger partial charge in [-0.1, -0.05) is 17.7 Å². The van der Waals surface area contributed by atoms with Crippen molar-refractivity contribution in [3.63, 3.8) is 0 Å². The molecule has 0 spiro atoms. The second kappa shape index (κ2) is 10.3. The molecular formula is C20H22ClN3O4. The Kier molecular flexibility index (Phi) is 7.83. The van der Waals surface area contributed by atoms with Crippen LogP contribution in [-0.4, -0.2) is 42.3 Å². The number of anilines is 2. The SMILES string of the molecule is CCN(CC(=O)Nc1ccc(NC(C)=O)cc1)C(=O)COc1cccc(Cl)c1. The van der Waals surface area contributed by atoms with Crippen molar-refractivity contribution in [2.75, 3.05) is 30.3 Å². The molecule has 0 aliphatic rings. The third-order valence-electron chi connectivity index (χ3n) is 3.72. The molecule has 0 heterocycles. The number of nitrogens with zero attached hydrogens (tertiary/aromatic N) is 1. The molecule has 148 valence electrons. The Morgan fingerprint density at radius 2 is 1.68 bits per heavy atom. The Labute approximate surface area is 168 Å². The molecule has 0 radical (unpaired) electrons. The summed E-state index contributed by atoms with van der Waals surface area (Å²) in [6.45, 7) is 3.29. The molecule has 0 aliphatic carbocycles. The van der Waals surface area contributed by atoms with Crippen molar-refractivity contribution in [3.8, 4) is 5.75 Å². The number of ether oxygens (including phenoxy) is 1. The third-order valence-corrected chi connectivity index (χ3v) is 3.95. The van der Waals surface area contributed by atoms with Gasteiger partial charge in [0.25, 0.3) is 5.91 Å². The molecule has 2 rings (SSSR count). The maximum Gasteiger partial charge on any atom is 0.260 e. The lowest BCUT2D eigenvalue weighted by atomic mass is 10.2. The van der Waals surface area contributed by atoms with Crippen molar-refractivity contribution in [1.82, 2.24) is 4.90 Å². The Balaban J connectivity index is 1.85. The predicted molar refractivity (Wildman–Crippen MR) is 109 cm³/mol. The minimum Gasteiger partial charge on any atom is -0.484 e. The van der Waals surface area contributed by atoms with Crippen molar-refractivity contribution in [1.29, 1.82) is 0 Å². The van der Waals surface area contributed by atoms with Crippen molar-refractivity contribution in [2.24, 2.45) is 0 Å². The van der Waals surface area contributed by atoms with Gasteiger partial charge in [0.15, 0.2) is 6.61 Å². The van der Waals surface area contributed by atoms with Crippen LogP contribution < -0.4 is 15.4 Å². The minimum atomic E-state index is -0.328. The zero-order valence-electron chi connectivity index (χ0n) is 15.7. The normalized spacial score (nSPS) is 10.1. The maximum absolute atomic E-state index is 12.3. The Morgan fingerprint density at radius 3 is 2.25 bits per heavy atom. The number of rotatable bonds is 8. The van der Waals surface area contributed by atoms with Gasteiger partial charge in [0.05, 0.1) is 6.54 Å². The summed E-state index contributed by atoms with van der Waals surface area (Å²) in [5, 5.41) is 5.88. The van der Waals surface area contributed by atoms with Crippen LogP contribution in [0.2, 0.25) is 5.02 Å². The van der Waals surface area contributed by atoms with Crippen LogP contribution >= 0.6 is 11.6 Å². The Hall–Kier alpha value is -3.06. The highest BCUT2D eigenvalue weighted by molar-refractivity contribution is 6.30. The van der Waals surface area contributed by atoms with Gasteiger partial charge in [0, 0.05) is 29.9 Å². The van der Waals surface area contributed by atoms with E-state index in [0.717, 1.165) is 0 Å². The molecule has 0 unspecified atom stereocenters. The summed E-state index contributed by atoms with van der Waals surface area (Å²) >= 11 is 5.88. The molecule has 8 heteroatoms. The number of carbonyl (C=O) groups excluding carboxylic acids is 3. The number of hydrogen-bond acceptors (Lipinski definition) is 4. The quantitative estimate of drug-likeness (QED) is 0.708. The highest BCUT2D eigenvalue weighted by atomic mass is 35.5. The van der Waals surface area contributed by atoms with Gasteiger partial charge < -0.3 is 20.3 Å². The van der Waals surface area contributed by atoms with E-state index >= 15 is 0 Å². The van der Waals surface area contributed by atoms with E-state index in [4.69, 9.17) is 16.3 Å². The zero-order chi connectivity index (χ0) is 20.5. The molecule has 0 bridgehead atoms. The first kappa shape index (κ1) is 21.2. The first-order chi connectivity index (χ1) is 13.4. The lowest BCUT2D eigenvalue weighted by molar-refractivity contribution is -0.136. The number of benzene rings is 2. The summed E-state index contributed by atoms with van der Waals surface area (Å²) in [7, 11) is 0.